The van der Waals surface area contributed by atoms with Crippen LogP contribution in [0, 0.1) is 11.3 Å². The minimum Gasteiger partial charge on any atom is -0.396 e. The maximum Gasteiger partial charge on any atom is 0.0531 e. The Morgan fingerprint density at radius 2 is 1.36 bits per heavy atom. The normalized spacial score (nSPS) is 12.5. The standard InChI is InChI=1S/C8H18O3/c1-7(2)3-8(4-9,5-10)6-11/h7,9-11H,3-6H2,1-2H3. The summed E-state index contributed by atoms with van der Waals surface area (Å²) in [6.07, 6.45) is 0.649. The van der Waals surface area contributed by atoms with Crippen LogP contribution in [0.3, 0.4) is 0 Å². The fourth-order valence-corrected chi connectivity index (χ4v) is 1.21. The van der Waals surface area contributed by atoms with Gasteiger partial charge in [0.2, 0.25) is 0 Å². The summed E-state index contributed by atoms with van der Waals surface area (Å²) in [6, 6.07) is 0. The van der Waals surface area contributed by atoms with Gasteiger partial charge in [-0.15, -0.1) is 0 Å². The maximum atomic E-state index is 8.91. The molecule has 0 aromatic carbocycles. The molecule has 11 heavy (non-hydrogen) atoms. The molecule has 0 aliphatic rings. The van der Waals surface area contributed by atoms with Gasteiger partial charge in [-0.3, -0.25) is 0 Å². The molecule has 3 N–H and O–H groups in total. The van der Waals surface area contributed by atoms with E-state index in [0.717, 1.165) is 0 Å². The van der Waals surface area contributed by atoms with Crippen LogP contribution in [0.1, 0.15) is 20.3 Å². The van der Waals surface area contributed by atoms with Crippen LogP contribution in [0.25, 0.3) is 0 Å². The zero-order chi connectivity index (χ0) is 8.91. The minimum atomic E-state index is -0.686. The summed E-state index contributed by atoms with van der Waals surface area (Å²) < 4.78 is 0. The van der Waals surface area contributed by atoms with E-state index in [1.54, 1.807) is 0 Å². The molecule has 0 radical (unpaired) electrons. The van der Waals surface area contributed by atoms with Crippen molar-refractivity contribution in [3.8, 4) is 0 Å². The van der Waals surface area contributed by atoms with Crippen LogP contribution >= 0.6 is 0 Å². The van der Waals surface area contributed by atoms with Crippen molar-refractivity contribution >= 4 is 0 Å². The first-order chi connectivity index (χ1) is 5.10. The predicted molar refractivity (Wildman–Crippen MR) is 43.1 cm³/mol. The van der Waals surface area contributed by atoms with Crippen molar-refractivity contribution in [3.63, 3.8) is 0 Å². The molecule has 68 valence electrons. The Balaban J connectivity index is 4.05. The number of hydrogen-bond acceptors (Lipinski definition) is 3. The first-order valence-corrected chi connectivity index (χ1v) is 3.93. The maximum absolute atomic E-state index is 8.91. The lowest BCUT2D eigenvalue weighted by Gasteiger charge is -2.28. The van der Waals surface area contributed by atoms with Crippen molar-refractivity contribution in [2.45, 2.75) is 20.3 Å². The van der Waals surface area contributed by atoms with Crippen molar-refractivity contribution in [1.29, 1.82) is 0 Å². The zero-order valence-corrected chi connectivity index (χ0v) is 7.25. The zero-order valence-electron chi connectivity index (χ0n) is 7.25. The molecule has 0 aliphatic heterocycles. The molecule has 3 heteroatoms. The van der Waals surface area contributed by atoms with Crippen LogP contribution in [0.5, 0.6) is 0 Å². The molecule has 0 aliphatic carbocycles. The summed E-state index contributed by atoms with van der Waals surface area (Å²) in [7, 11) is 0. The second-order valence-electron chi connectivity index (χ2n) is 3.57. The molecule has 0 spiro atoms. The first-order valence-electron chi connectivity index (χ1n) is 3.93. The van der Waals surface area contributed by atoms with Gasteiger partial charge in [0.25, 0.3) is 0 Å². The van der Waals surface area contributed by atoms with Gasteiger partial charge in [0.05, 0.1) is 19.8 Å². The van der Waals surface area contributed by atoms with Crippen LogP contribution in [0.4, 0.5) is 0 Å². The van der Waals surface area contributed by atoms with E-state index in [2.05, 4.69) is 0 Å². The number of aliphatic hydroxyl groups excluding tert-OH is 3. The lowest BCUT2D eigenvalue weighted by Crippen LogP contribution is -2.35. The predicted octanol–water partition coefficient (Wildman–Crippen LogP) is -0.00420. The Bertz CT molecular complexity index is 89.2. The largest absolute Gasteiger partial charge is 0.396 e. The van der Waals surface area contributed by atoms with Gasteiger partial charge in [0.1, 0.15) is 0 Å². The van der Waals surface area contributed by atoms with Crippen LogP contribution < -0.4 is 0 Å². The topological polar surface area (TPSA) is 60.7 Å². The smallest absolute Gasteiger partial charge is 0.0531 e. The Morgan fingerprint density at radius 1 is 1.00 bits per heavy atom. The third-order valence-electron chi connectivity index (χ3n) is 1.85. The molecular formula is C8H18O3. The number of aliphatic hydroxyl groups is 3. The molecule has 0 heterocycles. The van der Waals surface area contributed by atoms with E-state index < -0.39 is 5.41 Å². The van der Waals surface area contributed by atoms with Gasteiger partial charge in [-0.25, -0.2) is 0 Å². The number of rotatable bonds is 5. The quantitative estimate of drug-likeness (QED) is 0.533. The van der Waals surface area contributed by atoms with Gasteiger partial charge in [0.15, 0.2) is 0 Å². The summed E-state index contributed by atoms with van der Waals surface area (Å²) in [4.78, 5) is 0. The molecule has 0 aromatic rings. The molecule has 0 rings (SSSR count). The molecule has 3 nitrogen and oxygen atoms in total. The minimum absolute atomic E-state index is 0.155. The molecule has 0 bridgehead atoms. The van der Waals surface area contributed by atoms with Gasteiger partial charge in [0, 0.05) is 5.41 Å². The highest BCUT2D eigenvalue weighted by Crippen LogP contribution is 2.24. The summed E-state index contributed by atoms with van der Waals surface area (Å²) in [5.74, 6) is 0.376. The van der Waals surface area contributed by atoms with Crippen molar-refractivity contribution in [3.05, 3.63) is 0 Å². The van der Waals surface area contributed by atoms with E-state index in [1.165, 1.54) is 0 Å². The van der Waals surface area contributed by atoms with E-state index in [9.17, 15) is 0 Å². The highest BCUT2D eigenvalue weighted by molar-refractivity contribution is 4.77. The van der Waals surface area contributed by atoms with Crippen molar-refractivity contribution in [2.24, 2.45) is 11.3 Å². The average molecular weight is 162 g/mol. The summed E-state index contributed by atoms with van der Waals surface area (Å²) in [5.41, 5.74) is -0.686. The van der Waals surface area contributed by atoms with Crippen molar-refractivity contribution < 1.29 is 15.3 Å². The third-order valence-corrected chi connectivity index (χ3v) is 1.85. The average Bonchev–Trinajstić information content (AvgIpc) is 2.00. The van der Waals surface area contributed by atoms with E-state index in [4.69, 9.17) is 15.3 Å². The van der Waals surface area contributed by atoms with Crippen molar-refractivity contribution in [2.75, 3.05) is 19.8 Å². The molecule has 0 aromatic heterocycles. The lowest BCUT2D eigenvalue weighted by atomic mass is 9.82. The van der Waals surface area contributed by atoms with Gasteiger partial charge >= 0.3 is 0 Å². The second kappa shape index (κ2) is 4.70. The SMILES string of the molecule is CC(C)CC(CO)(CO)CO. The van der Waals surface area contributed by atoms with E-state index in [1.807, 2.05) is 13.8 Å². The van der Waals surface area contributed by atoms with E-state index in [-0.39, 0.29) is 19.8 Å². The molecule has 0 unspecified atom stereocenters. The van der Waals surface area contributed by atoms with Crippen LogP contribution in [0.15, 0.2) is 0 Å². The second-order valence-corrected chi connectivity index (χ2v) is 3.57. The molecule has 0 amide bonds. The van der Waals surface area contributed by atoms with Gasteiger partial charge in [-0.05, 0) is 12.3 Å². The van der Waals surface area contributed by atoms with Gasteiger partial charge in [-0.2, -0.15) is 0 Å². The Morgan fingerprint density at radius 3 is 1.45 bits per heavy atom. The Labute approximate surface area is 67.7 Å². The monoisotopic (exact) mass is 162 g/mol. The fraction of sp³-hybridized carbons (Fsp3) is 1.00. The highest BCUT2D eigenvalue weighted by atomic mass is 16.3. The molecule has 0 saturated heterocycles. The van der Waals surface area contributed by atoms with Gasteiger partial charge in [-0.1, -0.05) is 13.8 Å². The van der Waals surface area contributed by atoms with Crippen LogP contribution in [-0.2, 0) is 0 Å². The molecule has 0 atom stereocenters. The van der Waals surface area contributed by atoms with E-state index in [0.29, 0.717) is 12.3 Å². The summed E-state index contributed by atoms with van der Waals surface area (Å²) >= 11 is 0. The van der Waals surface area contributed by atoms with Crippen LogP contribution in [-0.4, -0.2) is 35.1 Å². The Hall–Kier alpha value is -0.120. The molecule has 0 fully saturated rings. The number of hydrogen-bond donors (Lipinski definition) is 3. The summed E-state index contributed by atoms with van der Waals surface area (Å²) in [6.45, 7) is 3.53. The van der Waals surface area contributed by atoms with Crippen LogP contribution in [0.2, 0.25) is 0 Å². The Kier molecular flexibility index (Phi) is 4.65. The fourth-order valence-electron chi connectivity index (χ4n) is 1.21. The molecular weight excluding hydrogens is 144 g/mol. The highest BCUT2D eigenvalue weighted by Gasteiger charge is 2.28. The van der Waals surface area contributed by atoms with Crippen molar-refractivity contribution in [1.82, 2.24) is 0 Å². The summed E-state index contributed by atoms with van der Waals surface area (Å²) in [5, 5.41) is 26.7. The molecule has 0 saturated carbocycles. The van der Waals surface area contributed by atoms with Gasteiger partial charge < -0.3 is 15.3 Å². The third kappa shape index (κ3) is 3.18. The lowest BCUT2D eigenvalue weighted by molar-refractivity contribution is -0.00897. The first kappa shape index (κ1) is 10.9. The van der Waals surface area contributed by atoms with E-state index >= 15 is 0 Å².